The van der Waals surface area contributed by atoms with E-state index in [2.05, 4.69) is 0 Å². The first kappa shape index (κ1) is 16.9. The minimum absolute atomic E-state index is 0.110. The largest absolute Gasteiger partial charge is 0.375 e. The molecule has 1 heterocycles. The van der Waals surface area contributed by atoms with Gasteiger partial charge in [-0.15, -0.1) is 0 Å². The molecule has 1 aliphatic heterocycles. The predicted molar refractivity (Wildman–Crippen MR) is 95.9 cm³/mol. The quantitative estimate of drug-likeness (QED) is 0.839. The molecule has 3 rings (SSSR count). The molecule has 4 nitrogen and oxygen atoms in total. The average molecular weight is 343 g/mol. The highest BCUT2D eigenvalue weighted by Crippen LogP contribution is 2.16. The van der Waals surface area contributed by atoms with Crippen LogP contribution in [0.2, 0.25) is 0 Å². The second-order valence-corrected chi connectivity index (χ2v) is 7.62. The van der Waals surface area contributed by atoms with E-state index < -0.39 is 10.0 Å². The highest BCUT2D eigenvalue weighted by Gasteiger charge is 2.27. The van der Waals surface area contributed by atoms with Crippen LogP contribution in [0.3, 0.4) is 0 Å². The third-order valence-electron chi connectivity index (χ3n) is 4.00. The molecule has 0 saturated carbocycles. The van der Waals surface area contributed by atoms with Gasteiger partial charge in [0, 0.05) is 18.5 Å². The standard InChI is InChI=1S/C19H21NO3S/c21-24(22,14-11-17-7-3-1-4-8-17)20-12-13-23-19(16-20)15-18-9-5-2-6-10-18/h1-11,14,19H,12-13,15-16H2. The molecule has 1 saturated heterocycles. The predicted octanol–water partition coefficient (Wildman–Crippen LogP) is 2.93. The Kier molecular flexibility index (Phi) is 5.45. The number of rotatable bonds is 5. The highest BCUT2D eigenvalue weighted by molar-refractivity contribution is 7.92. The smallest absolute Gasteiger partial charge is 0.236 e. The number of hydrogen-bond acceptors (Lipinski definition) is 3. The van der Waals surface area contributed by atoms with Gasteiger partial charge in [0.05, 0.1) is 12.7 Å². The third kappa shape index (κ3) is 4.54. The van der Waals surface area contributed by atoms with Gasteiger partial charge in [0.15, 0.2) is 0 Å². The SMILES string of the molecule is O=S(=O)(C=Cc1ccccc1)N1CCOC(Cc2ccccc2)C1. The van der Waals surface area contributed by atoms with Crippen LogP contribution in [0.15, 0.2) is 66.1 Å². The van der Waals surface area contributed by atoms with Crippen molar-refractivity contribution in [1.29, 1.82) is 0 Å². The van der Waals surface area contributed by atoms with E-state index in [1.54, 1.807) is 6.08 Å². The van der Waals surface area contributed by atoms with Crippen molar-refractivity contribution in [3.8, 4) is 0 Å². The van der Waals surface area contributed by atoms with Crippen LogP contribution in [0.5, 0.6) is 0 Å². The van der Waals surface area contributed by atoms with Crippen LogP contribution in [-0.2, 0) is 21.2 Å². The lowest BCUT2D eigenvalue weighted by Gasteiger charge is -2.31. The molecule has 0 aliphatic carbocycles. The number of hydrogen-bond donors (Lipinski definition) is 0. The molecule has 0 amide bonds. The van der Waals surface area contributed by atoms with Crippen molar-refractivity contribution >= 4 is 16.1 Å². The van der Waals surface area contributed by atoms with E-state index in [0.717, 1.165) is 17.5 Å². The molecule has 24 heavy (non-hydrogen) atoms. The van der Waals surface area contributed by atoms with E-state index in [0.29, 0.717) is 19.7 Å². The summed E-state index contributed by atoms with van der Waals surface area (Å²) in [6.07, 6.45) is 2.24. The zero-order valence-corrected chi connectivity index (χ0v) is 14.2. The topological polar surface area (TPSA) is 46.6 Å². The Morgan fingerprint density at radius 3 is 2.42 bits per heavy atom. The normalized spacial score (nSPS) is 19.6. The summed E-state index contributed by atoms with van der Waals surface area (Å²) in [7, 11) is -3.43. The summed E-state index contributed by atoms with van der Waals surface area (Å²) in [4.78, 5) is 0. The van der Waals surface area contributed by atoms with Crippen LogP contribution >= 0.6 is 0 Å². The fourth-order valence-electron chi connectivity index (χ4n) is 2.74. The van der Waals surface area contributed by atoms with Gasteiger partial charge in [0.2, 0.25) is 10.0 Å². The summed E-state index contributed by atoms with van der Waals surface area (Å²) in [6.45, 7) is 1.21. The van der Waals surface area contributed by atoms with Crippen molar-refractivity contribution in [2.45, 2.75) is 12.5 Å². The molecule has 0 spiro atoms. The Morgan fingerprint density at radius 2 is 1.71 bits per heavy atom. The summed E-state index contributed by atoms with van der Waals surface area (Å²) in [5.41, 5.74) is 2.02. The van der Waals surface area contributed by atoms with Crippen molar-refractivity contribution in [2.75, 3.05) is 19.7 Å². The van der Waals surface area contributed by atoms with Crippen molar-refractivity contribution in [1.82, 2.24) is 4.31 Å². The number of benzene rings is 2. The number of ether oxygens (including phenoxy) is 1. The van der Waals surface area contributed by atoms with E-state index in [1.807, 2.05) is 60.7 Å². The van der Waals surface area contributed by atoms with Crippen molar-refractivity contribution in [2.24, 2.45) is 0 Å². The number of sulfonamides is 1. The van der Waals surface area contributed by atoms with Crippen LogP contribution in [0, 0.1) is 0 Å². The summed E-state index contributed by atoms with van der Waals surface area (Å²) in [5, 5.41) is 1.28. The highest BCUT2D eigenvalue weighted by atomic mass is 32.2. The average Bonchev–Trinajstić information content (AvgIpc) is 2.62. The fraction of sp³-hybridized carbons (Fsp3) is 0.263. The summed E-state index contributed by atoms with van der Waals surface area (Å²) in [6, 6.07) is 19.4. The van der Waals surface area contributed by atoms with Gasteiger partial charge in [-0.1, -0.05) is 60.7 Å². The zero-order chi connectivity index (χ0) is 16.8. The van der Waals surface area contributed by atoms with Gasteiger partial charge < -0.3 is 4.74 Å². The van der Waals surface area contributed by atoms with Gasteiger partial charge in [-0.2, -0.15) is 4.31 Å². The molecule has 0 bridgehead atoms. The minimum Gasteiger partial charge on any atom is -0.375 e. The third-order valence-corrected chi connectivity index (χ3v) is 5.53. The molecule has 126 valence electrons. The Bertz CT molecular complexity index is 773. The second kappa shape index (κ2) is 7.75. The van der Waals surface area contributed by atoms with Gasteiger partial charge in [-0.25, -0.2) is 8.42 Å². The Hall–Kier alpha value is -1.95. The minimum atomic E-state index is -3.43. The van der Waals surface area contributed by atoms with Crippen LogP contribution in [0.4, 0.5) is 0 Å². The number of morpholine rings is 1. The van der Waals surface area contributed by atoms with E-state index in [1.165, 1.54) is 9.71 Å². The number of nitrogens with zero attached hydrogens (tertiary/aromatic N) is 1. The second-order valence-electron chi connectivity index (χ2n) is 5.80. The molecule has 1 fully saturated rings. The zero-order valence-electron chi connectivity index (χ0n) is 13.4. The molecule has 2 aromatic carbocycles. The van der Waals surface area contributed by atoms with Crippen LogP contribution in [0.1, 0.15) is 11.1 Å². The first-order chi connectivity index (χ1) is 11.6. The monoisotopic (exact) mass is 343 g/mol. The lowest BCUT2D eigenvalue weighted by atomic mass is 10.1. The maximum absolute atomic E-state index is 12.5. The molecule has 1 aliphatic rings. The van der Waals surface area contributed by atoms with E-state index in [9.17, 15) is 8.42 Å². The van der Waals surface area contributed by atoms with Gasteiger partial charge in [0.1, 0.15) is 0 Å². The summed E-state index contributed by atoms with van der Waals surface area (Å²) < 4.78 is 32.3. The Labute approximate surface area is 143 Å². The Morgan fingerprint density at radius 1 is 1.04 bits per heavy atom. The Balaban J connectivity index is 1.66. The first-order valence-electron chi connectivity index (χ1n) is 8.02. The molecule has 5 heteroatoms. The maximum Gasteiger partial charge on any atom is 0.236 e. The molecular weight excluding hydrogens is 322 g/mol. The fourth-order valence-corrected chi connectivity index (χ4v) is 3.94. The lowest BCUT2D eigenvalue weighted by molar-refractivity contribution is -0.000113. The molecule has 0 aromatic heterocycles. The molecule has 1 unspecified atom stereocenters. The van der Waals surface area contributed by atoms with Crippen molar-refractivity contribution in [3.63, 3.8) is 0 Å². The van der Waals surface area contributed by atoms with Gasteiger partial charge in [-0.05, 0) is 23.6 Å². The van der Waals surface area contributed by atoms with Crippen LogP contribution < -0.4 is 0 Å². The maximum atomic E-state index is 12.5. The lowest BCUT2D eigenvalue weighted by Crippen LogP contribution is -2.45. The molecular formula is C19H21NO3S. The molecule has 0 N–H and O–H groups in total. The molecule has 0 radical (unpaired) electrons. The van der Waals surface area contributed by atoms with Crippen molar-refractivity contribution in [3.05, 3.63) is 77.2 Å². The molecule has 2 aromatic rings. The summed E-state index contributed by atoms with van der Waals surface area (Å²) in [5.74, 6) is 0. The van der Waals surface area contributed by atoms with Gasteiger partial charge >= 0.3 is 0 Å². The van der Waals surface area contributed by atoms with Crippen LogP contribution in [-0.4, -0.2) is 38.5 Å². The molecule has 1 atom stereocenters. The summed E-state index contributed by atoms with van der Waals surface area (Å²) >= 11 is 0. The van der Waals surface area contributed by atoms with E-state index >= 15 is 0 Å². The van der Waals surface area contributed by atoms with Crippen molar-refractivity contribution < 1.29 is 13.2 Å². The van der Waals surface area contributed by atoms with Crippen LogP contribution in [0.25, 0.3) is 6.08 Å². The first-order valence-corrected chi connectivity index (χ1v) is 9.53. The van der Waals surface area contributed by atoms with Gasteiger partial charge in [-0.3, -0.25) is 0 Å². The van der Waals surface area contributed by atoms with E-state index in [-0.39, 0.29) is 6.10 Å². The van der Waals surface area contributed by atoms with Gasteiger partial charge in [0.25, 0.3) is 0 Å². The van der Waals surface area contributed by atoms with E-state index in [4.69, 9.17) is 4.74 Å².